The van der Waals surface area contributed by atoms with Gasteiger partial charge in [0.15, 0.2) is 5.69 Å². The van der Waals surface area contributed by atoms with Crippen molar-refractivity contribution >= 4 is 27.4 Å². The largest absolute Gasteiger partial charge is 0.476 e. The number of fused-ring (bicyclic) bond motifs is 1. The van der Waals surface area contributed by atoms with Gasteiger partial charge in [-0.15, -0.1) is 0 Å². The van der Waals surface area contributed by atoms with Crippen molar-refractivity contribution in [3.05, 3.63) is 58.8 Å². The molecule has 0 fully saturated rings. The SMILES string of the molecule is O=C(O)c1nc(-c2ccc(Br)cc2)n2ccccc12. The van der Waals surface area contributed by atoms with E-state index in [1.54, 1.807) is 16.5 Å². The predicted octanol–water partition coefficient (Wildman–Crippen LogP) is 3.46. The maximum Gasteiger partial charge on any atom is 0.356 e. The Labute approximate surface area is 117 Å². The third kappa shape index (κ3) is 2.02. The van der Waals surface area contributed by atoms with Crippen LogP contribution in [0.5, 0.6) is 0 Å². The van der Waals surface area contributed by atoms with Gasteiger partial charge in [0.1, 0.15) is 5.82 Å². The first-order chi connectivity index (χ1) is 9.16. The van der Waals surface area contributed by atoms with E-state index in [2.05, 4.69) is 20.9 Å². The van der Waals surface area contributed by atoms with Gasteiger partial charge in [-0.2, -0.15) is 0 Å². The van der Waals surface area contributed by atoms with Crippen molar-refractivity contribution in [2.75, 3.05) is 0 Å². The number of hydrogen-bond donors (Lipinski definition) is 1. The molecule has 0 aliphatic carbocycles. The van der Waals surface area contributed by atoms with Crippen LogP contribution in [-0.2, 0) is 0 Å². The van der Waals surface area contributed by atoms with E-state index < -0.39 is 5.97 Å². The molecule has 0 atom stereocenters. The van der Waals surface area contributed by atoms with Gasteiger partial charge in [-0.25, -0.2) is 9.78 Å². The van der Waals surface area contributed by atoms with Crippen LogP contribution in [-0.4, -0.2) is 20.5 Å². The molecule has 3 rings (SSSR count). The number of pyridine rings is 1. The summed E-state index contributed by atoms with van der Waals surface area (Å²) in [5, 5.41) is 9.20. The zero-order chi connectivity index (χ0) is 13.4. The molecule has 1 aromatic carbocycles. The lowest BCUT2D eigenvalue weighted by atomic mass is 10.2. The summed E-state index contributed by atoms with van der Waals surface area (Å²) in [6, 6.07) is 13.0. The van der Waals surface area contributed by atoms with Gasteiger partial charge in [-0.1, -0.05) is 34.1 Å². The molecule has 4 nitrogen and oxygen atoms in total. The number of carboxylic acids is 1. The Hall–Kier alpha value is -2.14. The van der Waals surface area contributed by atoms with Gasteiger partial charge in [-0.3, -0.25) is 4.40 Å². The molecule has 2 heterocycles. The van der Waals surface area contributed by atoms with E-state index in [1.165, 1.54) is 0 Å². The number of halogens is 1. The number of hydrogen-bond acceptors (Lipinski definition) is 2. The molecule has 0 aliphatic rings. The number of benzene rings is 1. The first-order valence-electron chi connectivity index (χ1n) is 5.63. The van der Waals surface area contributed by atoms with Gasteiger partial charge in [0, 0.05) is 16.2 Å². The highest BCUT2D eigenvalue weighted by molar-refractivity contribution is 9.10. The molecule has 0 amide bonds. The van der Waals surface area contributed by atoms with E-state index in [9.17, 15) is 9.90 Å². The monoisotopic (exact) mass is 316 g/mol. The molecule has 1 N–H and O–H groups in total. The van der Waals surface area contributed by atoms with Gasteiger partial charge in [-0.05, 0) is 24.3 Å². The van der Waals surface area contributed by atoms with Crippen LogP contribution in [0.3, 0.4) is 0 Å². The summed E-state index contributed by atoms with van der Waals surface area (Å²) in [7, 11) is 0. The lowest BCUT2D eigenvalue weighted by Gasteiger charge is -2.00. The van der Waals surface area contributed by atoms with Crippen LogP contribution < -0.4 is 0 Å². The summed E-state index contributed by atoms with van der Waals surface area (Å²) in [5.41, 5.74) is 1.53. The number of rotatable bonds is 2. The standard InChI is InChI=1S/C14H9BrN2O2/c15-10-6-4-9(5-7-10)13-16-12(14(18)19)11-3-1-2-8-17(11)13/h1-8H,(H,18,19). The molecule has 5 heteroatoms. The molecule has 94 valence electrons. The van der Waals surface area contributed by atoms with E-state index in [-0.39, 0.29) is 5.69 Å². The fraction of sp³-hybridized carbons (Fsp3) is 0. The van der Waals surface area contributed by atoms with Crippen molar-refractivity contribution in [2.24, 2.45) is 0 Å². The Balaban J connectivity index is 2.29. The second kappa shape index (κ2) is 4.51. The molecule has 0 saturated carbocycles. The zero-order valence-corrected chi connectivity index (χ0v) is 11.3. The highest BCUT2D eigenvalue weighted by atomic mass is 79.9. The number of aromatic carboxylic acids is 1. The normalized spacial score (nSPS) is 10.8. The minimum Gasteiger partial charge on any atom is -0.476 e. The van der Waals surface area contributed by atoms with Crippen molar-refractivity contribution < 1.29 is 9.90 Å². The first-order valence-corrected chi connectivity index (χ1v) is 6.42. The third-order valence-corrected chi connectivity index (χ3v) is 3.38. The summed E-state index contributed by atoms with van der Waals surface area (Å²) in [5.74, 6) is -0.396. The van der Waals surface area contributed by atoms with Crippen LogP contribution in [0.2, 0.25) is 0 Å². The van der Waals surface area contributed by atoms with Gasteiger partial charge >= 0.3 is 5.97 Å². The minimum absolute atomic E-state index is 0.0681. The topological polar surface area (TPSA) is 54.6 Å². The molecule has 19 heavy (non-hydrogen) atoms. The molecule has 0 spiro atoms. The Bertz CT molecular complexity index is 763. The second-order valence-electron chi connectivity index (χ2n) is 4.05. The van der Waals surface area contributed by atoms with Gasteiger partial charge < -0.3 is 5.11 Å². The Morgan fingerprint density at radius 1 is 1.16 bits per heavy atom. The maximum atomic E-state index is 11.2. The molecule has 0 unspecified atom stereocenters. The van der Waals surface area contributed by atoms with E-state index in [4.69, 9.17) is 0 Å². The highest BCUT2D eigenvalue weighted by Crippen LogP contribution is 2.24. The van der Waals surface area contributed by atoms with Crippen molar-refractivity contribution in [3.8, 4) is 11.4 Å². The number of imidazole rings is 1. The van der Waals surface area contributed by atoms with Crippen LogP contribution in [0.25, 0.3) is 16.9 Å². The predicted molar refractivity (Wildman–Crippen MR) is 75.3 cm³/mol. The first kappa shape index (κ1) is 11.9. The summed E-state index contributed by atoms with van der Waals surface area (Å²) < 4.78 is 2.75. The molecular formula is C14H9BrN2O2. The lowest BCUT2D eigenvalue weighted by Crippen LogP contribution is -1.96. The van der Waals surface area contributed by atoms with Crippen LogP contribution in [0, 0.1) is 0 Å². The average Bonchev–Trinajstić information content (AvgIpc) is 2.79. The maximum absolute atomic E-state index is 11.2. The van der Waals surface area contributed by atoms with E-state index >= 15 is 0 Å². The van der Waals surface area contributed by atoms with Crippen molar-refractivity contribution in [1.82, 2.24) is 9.38 Å². The van der Waals surface area contributed by atoms with Gasteiger partial charge in [0.05, 0.1) is 5.52 Å². The minimum atomic E-state index is -1.02. The molecule has 0 aliphatic heterocycles. The van der Waals surface area contributed by atoms with Crippen molar-refractivity contribution in [1.29, 1.82) is 0 Å². The summed E-state index contributed by atoms with van der Waals surface area (Å²) in [4.78, 5) is 15.5. The summed E-state index contributed by atoms with van der Waals surface area (Å²) in [6.45, 7) is 0. The Kier molecular flexibility index (Phi) is 2.83. The number of nitrogens with zero attached hydrogens (tertiary/aromatic N) is 2. The van der Waals surface area contributed by atoms with E-state index in [0.717, 1.165) is 10.0 Å². The zero-order valence-electron chi connectivity index (χ0n) is 9.75. The molecule has 3 aromatic rings. The summed E-state index contributed by atoms with van der Waals surface area (Å²) in [6.07, 6.45) is 1.81. The summed E-state index contributed by atoms with van der Waals surface area (Å²) >= 11 is 3.37. The number of carboxylic acid groups (broad SMARTS) is 1. The Morgan fingerprint density at radius 2 is 1.89 bits per heavy atom. The van der Waals surface area contributed by atoms with Crippen molar-refractivity contribution in [2.45, 2.75) is 0 Å². The third-order valence-electron chi connectivity index (χ3n) is 2.85. The smallest absolute Gasteiger partial charge is 0.356 e. The quantitative estimate of drug-likeness (QED) is 0.787. The van der Waals surface area contributed by atoms with Crippen LogP contribution in [0.1, 0.15) is 10.5 Å². The molecule has 0 saturated heterocycles. The van der Waals surface area contributed by atoms with E-state index in [1.807, 2.05) is 36.5 Å². The van der Waals surface area contributed by atoms with Crippen LogP contribution >= 0.6 is 15.9 Å². The average molecular weight is 317 g/mol. The highest BCUT2D eigenvalue weighted by Gasteiger charge is 2.16. The fourth-order valence-electron chi connectivity index (χ4n) is 2.00. The van der Waals surface area contributed by atoms with Gasteiger partial charge in [0.2, 0.25) is 0 Å². The van der Waals surface area contributed by atoms with Crippen LogP contribution in [0.15, 0.2) is 53.1 Å². The molecule has 0 bridgehead atoms. The van der Waals surface area contributed by atoms with Gasteiger partial charge in [0.25, 0.3) is 0 Å². The molecule has 0 radical (unpaired) electrons. The van der Waals surface area contributed by atoms with E-state index in [0.29, 0.717) is 11.3 Å². The molecule has 2 aromatic heterocycles. The van der Waals surface area contributed by atoms with Crippen molar-refractivity contribution in [3.63, 3.8) is 0 Å². The van der Waals surface area contributed by atoms with Crippen LogP contribution in [0.4, 0.5) is 0 Å². The number of carbonyl (C=O) groups is 1. The number of aromatic nitrogens is 2. The second-order valence-corrected chi connectivity index (χ2v) is 4.97. The molecular weight excluding hydrogens is 308 g/mol. The lowest BCUT2D eigenvalue weighted by molar-refractivity contribution is 0.0693. The Morgan fingerprint density at radius 3 is 2.58 bits per heavy atom. The fourth-order valence-corrected chi connectivity index (χ4v) is 2.26.